The highest BCUT2D eigenvalue weighted by Crippen LogP contribution is 2.41. The summed E-state index contributed by atoms with van der Waals surface area (Å²) in [6.45, 7) is 6.64. The average molecular weight is 612 g/mol. The van der Waals surface area contributed by atoms with Gasteiger partial charge in [-0.2, -0.15) is 5.10 Å². The molecule has 1 aliphatic rings. The van der Waals surface area contributed by atoms with Gasteiger partial charge in [0.15, 0.2) is 0 Å². The molecule has 200 valence electrons. The second-order valence-electron chi connectivity index (χ2n) is 10.9. The molecule has 0 radical (unpaired) electrons. The third kappa shape index (κ3) is 4.26. The van der Waals surface area contributed by atoms with Crippen molar-refractivity contribution in [3.8, 4) is 22.4 Å². The molecule has 1 aromatic carbocycles. The summed E-state index contributed by atoms with van der Waals surface area (Å²) in [5, 5.41) is 15.5. The van der Waals surface area contributed by atoms with Gasteiger partial charge in [0.2, 0.25) is 0 Å². The van der Waals surface area contributed by atoms with Crippen molar-refractivity contribution in [1.82, 2.24) is 29.0 Å². The Labute approximate surface area is 237 Å². The number of likely N-dealkylation sites (tertiary alicyclic amines) is 1. The molecule has 1 N–H and O–H groups in total. The molecule has 0 bridgehead atoms. The predicted octanol–water partition coefficient (Wildman–Crippen LogP) is 7.31. The Balaban J connectivity index is 1.43. The van der Waals surface area contributed by atoms with Crippen LogP contribution in [0.1, 0.15) is 33.2 Å². The van der Waals surface area contributed by atoms with Crippen molar-refractivity contribution in [3.63, 3.8) is 0 Å². The second-order valence-corrected chi connectivity index (χ2v) is 12.0. The molecule has 2 atom stereocenters. The maximum Gasteiger partial charge on any atom is 0.407 e. The van der Waals surface area contributed by atoms with E-state index in [0.717, 1.165) is 22.0 Å². The summed E-state index contributed by atoms with van der Waals surface area (Å²) in [6.07, 6.45) is 7.12. The average Bonchev–Trinajstić information content (AvgIpc) is 3.61. The number of nitrogens with zero attached hydrogens (tertiary/aromatic N) is 6. The first kappa shape index (κ1) is 25.8. The molecule has 39 heavy (non-hydrogen) atoms. The normalized spacial score (nSPS) is 17.9. The molecule has 1 saturated heterocycles. The van der Waals surface area contributed by atoms with Crippen LogP contribution < -0.4 is 0 Å². The summed E-state index contributed by atoms with van der Waals surface area (Å²) < 4.78 is 19.0. The number of fused-ring (bicyclic) bond motifs is 3. The predicted molar refractivity (Wildman–Crippen MR) is 151 cm³/mol. The molecule has 1 fully saturated rings. The molecular formula is C28H25BrClFN6O2. The van der Waals surface area contributed by atoms with Crippen LogP contribution in [-0.2, 0) is 0 Å². The smallest absolute Gasteiger partial charge is 0.407 e. The minimum atomic E-state index is -0.908. The summed E-state index contributed by atoms with van der Waals surface area (Å²) in [5.74, 6) is -0.455. The first-order chi connectivity index (χ1) is 18.5. The molecule has 11 heteroatoms. The minimum absolute atomic E-state index is 0.0775. The Morgan fingerprint density at radius 2 is 2.00 bits per heavy atom. The van der Waals surface area contributed by atoms with Crippen molar-refractivity contribution in [2.45, 2.75) is 39.3 Å². The lowest BCUT2D eigenvalue weighted by molar-refractivity contribution is 0.0906. The maximum absolute atomic E-state index is 14.7. The van der Waals surface area contributed by atoms with Crippen LogP contribution >= 0.6 is 27.5 Å². The van der Waals surface area contributed by atoms with Gasteiger partial charge in [0, 0.05) is 41.6 Å². The van der Waals surface area contributed by atoms with Crippen molar-refractivity contribution < 1.29 is 14.3 Å². The molecule has 5 heterocycles. The van der Waals surface area contributed by atoms with Crippen molar-refractivity contribution in [3.05, 3.63) is 70.6 Å². The Morgan fingerprint density at radius 3 is 2.72 bits per heavy atom. The van der Waals surface area contributed by atoms with Crippen LogP contribution in [0.3, 0.4) is 0 Å². The monoisotopic (exact) mass is 610 g/mol. The largest absolute Gasteiger partial charge is 0.465 e. The fourth-order valence-electron chi connectivity index (χ4n) is 5.69. The summed E-state index contributed by atoms with van der Waals surface area (Å²) >= 11 is 9.92. The molecule has 0 aliphatic carbocycles. The molecule has 0 spiro atoms. The van der Waals surface area contributed by atoms with E-state index in [4.69, 9.17) is 16.6 Å². The molecular weight excluding hydrogens is 587 g/mol. The number of benzene rings is 1. The van der Waals surface area contributed by atoms with E-state index < -0.39 is 11.9 Å². The van der Waals surface area contributed by atoms with E-state index in [9.17, 15) is 14.3 Å². The van der Waals surface area contributed by atoms with Crippen LogP contribution in [-0.4, -0.2) is 52.8 Å². The SMILES string of the molecule is CC(C)(C)C1C(n2cc(-c3cnc4ccn5c(Br)c(-c6c(F)cccc6Cl)nc5c4c3)cn2)CCN1C(=O)O. The summed E-state index contributed by atoms with van der Waals surface area (Å²) in [7, 11) is 0. The first-order valence-corrected chi connectivity index (χ1v) is 13.7. The maximum atomic E-state index is 14.7. The number of amides is 1. The number of rotatable bonds is 3. The van der Waals surface area contributed by atoms with Crippen LogP contribution in [0.4, 0.5) is 9.18 Å². The van der Waals surface area contributed by atoms with E-state index in [1.807, 2.05) is 33.6 Å². The van der Waals surface area contributed by atoms with E-state index in [0.29, 0.717) is 28.9 Å². The Bertz CT molecular complexity index is 1740. The lowest BCUT2D eigenvalue weighted by Gasteiger charge is -2.36. The number of aromatic nitrogens is 5. The van der Waals surface area contributed by atoms with Gasteiger partial charge in [0.25, 0.3) is 0 Å². The molecule has 0 saturated carbocycles. The molecule has 4 aromatic heterocycles. The van der Waals surface area contributed by atoms with Crippen molar-refractivity contribution in [1.29, 1.82) is 0 Å². The molecule has 1 amide bonds. The van der Waals surface area contributed by atoms with Crippen LogP contribution in [0, 0.1) is 11.2 Å². The molecule has 1 aliphatic heterocycles. The lowest BCUT2D eigenvalue weighted by Crippen LogP contribution is -2.46. The van der Waals surface area contributed by atoms with E-state index in [-0.39, 0.29) is 28.1 Å². The van der Waals surface area contributed by atoms with Crippen molar-refractivity contribution in [2.24, 2.45) is 5.41 Å². The fourth-order valence-corrected chi connectivity index (χ4v) is 6.52. The van der Waals surface area contributed by atoms with Crippen LogP contribution in [0.25, 0.3) is 38.9 Å². The number of pyridine rings is 2. The minimum Gasteiger partial charge on any atom is -0.465 e. The molecule has 2 unspecified atom stereocenters. The van der Waals surface area contributed by atoms with Gasteiger partial charge in [-0.25, -0.2) is 14.2 Å². The molecule has 6 rings (SSSR count). The standard InChI is InChI=1S/C28H25BrClFN6O2/c1-28(2,3)24-21(8-10-35(24)27(38)39)37-14-16(13-33-37)15-11-17-20(32-12-15)7-9-36-25(29)23(34-26(17)36)22-18(30)5-4-6-19(22)31/h4-7,9,11-14,21,24H,8,10H2,1-3H3,(H,38,39). The van der Waals surface area contributed by atoms with E-state index in [1.165, 1.54) is 11.0 Å². The van der Waals surface area contributed by atoms with Gasteiger partial charge in [0.05, 0.1) is 34.4 Å². The van der Waals surface area contributed by atoms with Gasteiger partial charge in [-0.05, 0) is 52.0 Å². The Kier molecular flexibility index (Phi) is 6.15. The van der Waals surface area contributed by atoms with E-state index in [2.05, 4.69) is 46.8 Å². The topological polar surface area (TPSA) is 88.6 Å². The molecule has 8 nitrogen and oxygen atoms in total. The number of carboxylic acid groups (broad SMARTS) is 1. The highest BCUT2D eigenvalue weighted by Gasteiger charge is 2.45. The van der Waals surface area contributed by atoms with Gasteiger partial charge in [-0.3, -0.25) is 14.1 Å². The van der Waals surface area contributed by atoms with Gasteiger partial charge < -0.3 is 10.0 Å². The highest BCUT2D eigenvalue weighted by molar-refractivity contribution is 9.10. The number of hydrogen-bond donors (Lipinski definition) is 1. The van der Waals surface area contributed by atoms with Crippen molar-refractivity contribution in [2.75, 3.05) is 6.54 Å². The number of imidazole rings is 1. The Hall–Kier alpha value is -3.50. The van der Waals surface area contributed by atoms with Gasteiger partial charge in [0.1, 0.15) is 21.8 Å². The highest BCUT2D eigenvalue weighted by atomic mass is 79.9. The summed E-state index contributed by atoms with van der Waals surface area (Å²) in [5.41, 5.74) is 3.42. The number of carbonyl (C=O) groups is 1. The van der Waals surface area contributed by atoms with E-state index in [1.54, 1.807) is 24.5 Å². The van der Waals surface area contributed by atoms with Gasteiger partial charge >= 0.3 is 6.09 Å². The van der Waals surface area contributed by atoms with E-state index >= 15 is 0 Å². The quantitative estimate of drug-likeness (QED) is 0.231. The van der Waals surface area contributed by atoms with Gasteiger partial charge in [-0.1, -0.05) is 38.4 Å². The van der Waals surface area contributed by atoms with Crippen LogP contribution in [0.5, 0.6) is 0 Å². The zero-order chi connectivity index (χ0) is 27.6. The van der Waals surface area contributed by atoms with Crippen molar-refractivity contribution >= 4 is 50.2 Å². The third-order valence-corrected chi connectivity index (χ3v) is 8.44. The summed E-state index contributed by atoms with van der Waals surface area (Å²) in [6, 6.07) is 8.14. The number of hydrogen-bond acceptors (Lipinski definition) is 4. The Morgan fingerprint density at radius 1 is 1.21 bits per heavy atom. The van der Waals surface area contributed by atoms with Crippen LogP contribution in [0.2, 0.25) is 5.02 Å². The summed E-state index contributed by atoms with van der Waals surface area (Å²) in [4.78, 5) is 22.8. The third-order valence-electron chi connectivity index (χ3n) is 7.37. The first-order valence-electron chi connectivity index (χ1n) is 12.5. The van der Waals surface area contributed by atoms with Crippen LogP contribution in [0.15, 0.2) is 59.7 Å². The number of halogens is 3. The van der Waals surface area contributed by atoms with Gasteiger partial charge in [-0.15, -0.1) is 0 Å². The fraction of sp³-hybridized carbons (Fsp3) is 0.286. The zero-order valence-corrected chi connectivity index (χ0v) is 23.8. The zero-order valence-electron chi connectivity index (χ0n) is 21.4. The molecule has 5 aromatic rings. The lowest BCUT2D eigenvalue weighted by atomic mass is 9.83. The second kappa shape index (κ2) is 9.31.